The molecule has 1 aliphatic heterocycles. The van der Waals surface area contributed by atoms with Gasteiger partial charge in [0, 0.05) is 25.0 Å². The SMILES string of the molecule is CC1CC1c1nc(NC2CC2)nc(N2CCOCC2)n1.Cl. The van der Waals surface area contributed by atoms with Crippen molar-refractivity contribution in [2.45, 2.75) is 38.1 Å². The Morgan fingerprint density at radius 1 is 1.14 bits per heavy atom. The summed E-state index contributed by atoms with van der Waals surface area (Å²) in [7, 11) is 0. The third-order valence-corrected chi connectivity index (χ3v) is 4.29. The fraction of sp³-hybridized carbons (Fsp3) is 0.786. The van der Waals surface area contributed by atoms with Crippen molar-refractivity contribution in [1.82, 2.24) is 15.0 Å². The number of nitrogens with zero attached hydrogens (tertiary/aromatic N) is 4. The molecule has 0 amide bonds. The van der Waals surface area contributed by atoms with Crippen molar-refractivity contribution in [1.29, 1.82) is 0 Å². The van der Waals surface area contributed by atoms with Gasteiger partial charge in [-0.05, 0) is 25.2 Å². The average Bonchev–Trinajstić information content (AvgIpc) is 3.38. The van der Waals surface area contributed by atoms with Crippen LogP contribution in [0.1, 0.15) is 37.9 Å². The molecule has 0 aromatic carbocycles. The minimum Gasteiger partial charge on any atom is -0.378 e. The van der Waals surface area contributed by atoms with Crippen molar-refractivity contribution in [2.24, 2.45) is 5.92 Å². The monoisotopic (exact) mass is 311 g/mol. The predicted molar refractivity (Wildman–Crippen MR) is 83.3 cm³/mol. The van der Waals surface area contributed by atoms with Crippen LogP contribution in [0.25, 0.3) is 0 Å². The first-order valence-corrected chi connectivity index (χ1v) is 7.65. The summed E-state index contributed by atoms with van der Waals surface area (Å²) in [6.45, 7) is 5.51. The smallest absolute Gasteiger partial charge is 0.230 e. The molecule has 1 aromatic heterocycles. The molecule has 2 heterocycles. The molecular formula is C14H22ClN5O. The van der Waals surface area contributed by atoms with Crippen molar-refractivity contribution in [3.05, 3.63) is 5.82 Å². The second-order valence-electron chi connectivity index (χ2n) is 6.15. The van der Waals surface area contributed by atoms with Gasteiger partial charge in [-0.25, -0.2) is 0 Å². The molecule has 1 N–H and O–H groups in total. The molecule has 6 nitrogen and oxygen atoms in total. The van der Waals surface area contributed by atoms with E-state index in [0.717, 1.165) is 44.0 Å². The van der Waals surface area contributed by atoms with E-state index < -0.39 is 0 Å². The summed E-state index contributed by atoms with van der Waals surface area (Å²) in [6, 6.07) is 0.569. The number of halogens is 1. The van der Waals surface area contributed by atoms with Crippen LogP contribution in [0.5, 0.6) is 0 Å². The number of anilines is 2. The highest BCUT2D eigenvalue weighted by atomic mass is 35.5. The molecule has 1 aromatic rings. The zero-order valence-electron chi connectivity index (χ0n) is 12.3. The van der Waals surface area contributed by atoms with Gasteiger partial charge in [0.25, 0.3) is 0 Å². The van der Waals surface area contributed by atoms with Crippen LogP contribution in [0, 0.1) is 5.92 Å². The normalized spacial score (nSPS) is 28.0. The summed E-state index contributed by atoms with van der Waals surface area (Å²) in [5.41, 5.74) is 0. The quantitative estimate of drug-likeness (QED) is 0.915. The van der Waals surface area contributed by atoms with E-state index in [4.69, 9.17) is 9.72 Å². The molecule has 3 aliphatic rings. The third-order valence-electron chi connectivity index (χ3n) is 4.29. The number of rotatable bonds is 4. The summed E-state index contributed by atoms with van der Waals surface area (Å²) in [6.07, 6.45) is 3.66. The van der Waals surface area contributed by atoms with Crippen molar-refractivity contribution >= 4 is 24.3 Å². The van der Waals surface area contributed by atoms with Crippen LogP contribution in [0.3, 0.4) is 0 Å². The molecule has 0 bridgehead atoms. The van der Waals surface area contributed by atoms with E-state index >= 15 is 0 Å². The highest BCUT2D eigenvalue weighted by molar-refractivity contribution is 5.85. The molecule has 21 heavy (non-hydrogen) atoms. The predicted octanol–water partition coefficient (Wildman–Crippen LogP) is 1.83. The van der Waals surface area contributed by atoms with Crippen LogP contribution in [0.2, 0.25) is 0 Å². The van der Waals surface area contributed by atoms with Gasteiger partial charge in [-0.1, -0.05) is 6.92 Å². The number of ether oxygens (including phenoxy) is 1. The van der Waals surface area contributed by atoms with Gasteiger partial charge < -0.3 is 15.0 Å². The van der Waals surface area contributed by atoms with Crippen molar-refractivity contribution < 1.29 is 4.74 Å². The number of aromatic nitrogens is 3. The lowest BCUT2D eigenvalue weighted by Gasteiger charge is -2.27. The molecule has 4 rings (SSSR count). The molecule has 1 saturated heterocycles. The Balaban J connectivity index is 0.00000132. The minimum atomic E-state index is 0. The lowest BCUT2D eigenvalue weighted by atomic mass is 10.3. The summed E-state index contributed by atoms with van der Waals surface area (Å²) >= 11 is 0. The Hall–Kier alpha value is -1.14. The maximum atomic E-state index is 5.40. The minimum absolute atomic E-state index is 0. The lowest BCUT2D eigenvalue weighted by molar-refractivity contribution is 0.122. The zero-order valence-corrected chi connectivity index (χ0v) is 13.1. The fourth-order valence-corrected chi connectivity index (χ4v) is 2.61. The topological polar surface area (TPSA) is 63.2 Å². The number of nitrogens with one attached hydrogen (secondary N) is 1. The standard InChI is InChI=1S/C14H21N5O.ClH/c1-9-8-11(9)12-16-13(15-10-2-3-10)18-14(17-12)19-4-6-20-7-5-19;/h9-11H,2-8H2,1H3,(H,15,16,17,18);1H. The number of hydrogen-bond acceptors (Lipinski definition) is 6. The molecule has 2 atom stereocenters. The van der Waals surface area contributed by atoms with Crippen LogP contribution in [-0.2, 0) is 4.74 Å². The second kappa shape index (κ2) is 5.93. The van der Waals surface area contributed by atoms with Crippen LogP contribution in [-0.4, -0.2) is 47.3 Å². The molecular weight excluding hydrogens is 290 g/mol. The van der Waals surface area contributed by atoms with E-state index in [-0.39, 0.29) is 12.4 Å². The largest absolute Gasteiger partial charge is 0.378 e. The molecule has 2 unspecified atom stereocenters. The fourth-order valence-electron chi connectivity index (χ4n) is 2.61. The second-order valence-corrected chi connectivity index (χ2v) is 6.15. The average molecular weight is 312 g/mol. The van der Waals surface area contributed by atoms with Gasteiger partial charge in [0.15, 0.2) is 0 Å². The van der Waals surface area contributed by atoms with Crippen molar-refractivity contribution in [2.75, 3.05) is 36.5 Å². The summed E-state index contributed by atoms with van der Waals surface area (Å²) in [4.78, 5) is 16.2. The van der Waals surface area contributed by atoms with Crippen LogP contribution < -0.4 is 10.2 Å². The molecule has 2 saturated carbocycles. The first kappa shape index (κ1) is 14.8. The van der Waals surface area contributed by atoms with Gasteiger partial charge in [-0.3, -0.25) is 0 Å². The van der Waals surface area contributed by atoms with Gasteiger partial charge in [0.1, 0.15) is 5.82 Å². The lowest BCUT2D eigenvalue weighted by Crippen LogP contribution is -2.37. The van der Waals surface area contributed by atoms with Gasteiger partial charge in [-0.2, -0.15) is 15.0 Å². The summed E-state index contributed by atoms with van der Waals surface area (Å²) in [5, 5.41) is 3.41. The molecule has 7 heteroatoms. The Morgan fingerprint density at radius 2 is 1.86 bits per heavy atom. The zero-order chi connectivity index (χ0) is 13.5. The maximum absolute atomic E-state index is 5.40. The Bertz CT molecular complexity index is 504. The van der Waals surface area contributed by atoms with E-state index in [1.807, 2.05) is 0 Å². The summed E-state index contributed by atoms with van der Waals surface area (Å²) < 4.78 is 5.40. The molecule has 0 spiro atoms. The summed E-state index contributed by atoms with van der Waals surface area (Å²) in [5.74, 6) is 3.79. The van der Waals surface area contributed by atoms with Crippen LogP contribution in [0.4, 0.5) is 11.9 Å². The molecule has 0 radical (unpaired) electrons. The van der Waals surface area contributed by atoms with Crippen LogP contribution >= 0.6 is 12.4 Å². The van der Waals surface area contributed by atoms with Crippen molar-refractivity contribution in [3.63, 3.8) is 0 Å². The van der Waals surface area contributed by atoms with E-state index in [9.17, 15) is 0 Å². The van der Waals surface area contributed by atoms with Gasteiger partial charge in [0.05, 0.1) is 13.2 Å². The van der Waals surface area contributed by atoms with Crippen molar-refractivity contribution in [3.8, 4) is 0 Å². The third kappa shape index (κ3) is 3.37. The molecule has 3 fully saturated rings. The van der Waals surface area contributed by atoms with E-state index in [1.54, 1.807) is 0 Å². The molecule has 2 aliphatic carbocycles. The Morgan fingerprint density at radius 3 is 2.48 bits per heavy atom. The Labute approximate surface area is 131 Å². The van der Waals surface area contributed by atoms with E-state index in [0.29, 0.717) is 17.9 Å². The van der Waals surface area contributed by atoms with E-state index in [1.165, 1.54) is 19.3 Å². The van der Waals surface area contributed by atoms with Crippen LogP contribution in [0.15, 0.2) is 0 Å². The first-order chi connectivity index (χ1) is 9.79. The maximum Gasteiger partial charge on any atom is 0.230 e. The highest BCUT2D eigenvalue weighted by Crippen LogP contribution is 2.45. The Kier molecular flexibility index (Phi) is 4.17. The van der Waals surface area contributed by atoms with Gasteiger partial charge in [0.2, 0.25) is 11.9 Å². The number of morpholine rings is 1. The first-order valence-electron chi connectivity index (χ1n) is 7.65. The molecule has 116 valence electrons. The highest BCUT2D eigenvalue weighted by Gasteiger charge is 2.38. The van der Waals surface area contributed by atoms with Gasteiger partial charge in [-0.15, -0.1) is 12.4 Å². The van der Waals surface area contributed by atoms with Gasteiger partial charge >= 0.3 is 0 Å². The number of hydrogen-bond donors (Lipinski definition) is 1. The van der Waals surface area contributed by atoms with E-state index in [2.05, 4.69) is 27.1 Å².